The molecule has 0 radical (unpaired) electrons. The molecule has 11 nitrogen and oxygen atoms in total. The molecule has 0 atom stereocenters. The quantitative estimate of drug-likeness (QED) is 0.312. The lowest BCUT2D eigenvalue weighted by Gasteiger charge is -2.14. The number of fused-ring (bicyclic) bond motifs is 1. The van der Waals surface area contributed by atoms with Gasteiger partial charge in [0.2, 0.25) is 5.91 Å². The smallest absolute Gasteiger partial charge is 0.381 e. The number of aromatic nitrogens is 4. The number of nitrogens with two attached hydrogens (primary N) is 1. The van der Waals surface area contributed by atoms with E-state index in [1.54, 1.807) is 26.0 Å². The van der Waals surface area contributed by atoms with Crippen molar-refractivity contribution < 1.29 is 27.3 Å². The highest BCUT2D eigenvalue weighted by molar-refractivity contribution is 6.11. The fraction of sp³-hybridized carbons (Fsp3) is 0.179. The molecule has 0 saturated carbocycles. The molecule has 0 aliphatic carbocycles. The molecule has 216 valence electrons. The van der Waals surface area contributed by atoms with Crippen molar-refractivity contribution in [1.29, 1.82) is 0 Å². The summed E-state index contributed by atoms with van der Waals surface area (Å²) in [6.45, 7) is 3.36. The number of halogens is 3. The van der Waals surface area contributed by atoms with Gasteiger partial charge in [0.25, 0.3) is 17.0 Å². The maximum absolute atomic E-state index is 13.8. The number of hydrogen-bond acceptors (Lipinski definition) is 6. The van der Waals surface area contributed by atoms with Crippen molar-refractivity contribution in [1.82, 2.24) is 19.1 Å². The molecule has 42 heavy (non-hydrogen) atoms. The predicted octanol–water partition coefficient (Wildman–Crippen LogP) is 3.84. The van der Waals surface area contributed by atoms with Gasteiger partial charge < -0.3 is 15.6 Å². The van der Waals surface area contributed by atoms with Gasteiger partial charge >= 0.3 is 6.18 Å². The van der Waals surface area contributed by atoms with Crippen LogP contribution in [0, 0.1) is 6.92 Å². The monoisotopic (exact) mass is 580 g/mol. The standard InChI is InChI=1S/C28H23F3N6O5/c1-4-36-23-19(26(40)37(36)18-10-8-15(9-11-18)21-14(2)42-35(3)27(21)41)13-20(28(29,30)31)34-22(23)25(39)33-17-7-5-6-16(12-17)24(32)38/h5-13H,4H2,1-3H3,(H2,32,38)(H,33,39). The predicted molar refractivity (Wildman–Crippen MR) is 147 cm³/mol. The topological polar surface area (TPSA) is 147 Å². The number of alkyl halides is 3. The first-order valence-corrected chi connectivity index (χ1v) is 12.5. The van der Waals surface area contributed by atoms with Gasteiger partial charge in [0.15, 0.2) is 5.69 Å². The van der Waals surface area contributed by atoms with Gasteiger partial charge in [0.05, 0.1) is 16.6 Å². The minimum absolute atomic E-state index is 0.0680. The van der Waals surface area contributed by atoms with Gasteiger partial charge in [0.1, 0.15) is 17.0 Å². The van der Waals surface area contributed by atoms with Crippen LogP contribution in [0.4, 0.5) is 18.9 Å². The highest BCUT2D eigenvalue weighted by Crippen LogP contribution is 2.31. The van der Waals surface area contributed by atoms with Gasteiger partial charge in [-0.15, -0.1) is 0 Å². The molecule has 0 spiro atoms. The third-order valence-electron chi connectivity index (χ3n) is 6.65. The zero-order valence-electron chi connectivity index (χ0n) is 22.4. The number of nitrogens with one attached hydrogen (secondary N) is 1. The molecular formula is C28H23F3N6O5. The molecule has 5 aromatic rings. The first-order valence-electron chi connectivity index (χ1n) is 12.5. The summed E-state index contributed by atoms with van der Waals surface area (Å²) in [7, 11) is 1.47. The molecule has 0 unspecified atom stereocenters. The number of primary amides is 1. The lowest BCUT2D eigenvalue weighted by molar-refractivity contribution is -0.141. The molecule has 0 aliphatic heterocycles. The Morgan fingerprint density at radius 2 is 1.74 bits per heavy atom. The van der Waals surface area contributed by atoms with E-state index in [0.29, 0.717) is 23.0 Å². The molecule has 0 aliphatic rings. The molecular weight excluding hydrogens is 557 g/mol. The molecule has 3 aromatic heterocycles. The van der Waals surface area contributed by atoms with Crippen LogP contribution in [-0.4, -0.2) is 30.9 Å². The summed E-state index contributed by atoms with van der Waals surface area (Å²) in [6, 6.07) is 12.4. The Labute approximate surface area is 234 Å². The highest BCUT2D eigenvalue weighted by atomic mass is 19.4. The SMILES string of the molecule is CCn1c2c(C(=O)Nc3cccc(C(N)=O)c3)nc(C(F)(F)F)cc2c(=O)n1-c1ccc(-c2c(C)on(C)c2=O)cc1. The lowest BCUT2D eigenvalue weighted by Crippen LogP contribution is -2.21. The Morgan fingerprint density at radius 3 is 2.31 bits per heavy atom. The zero-order valence-corrected chi connectivity index (χ0v) is 22.4. The van der Waals surface area contributed by atoms with Crippen LogP contribution in [0.15, 0.2) is 68.7 Å². The van der Waals surface area contributed by atoms with Crippen molar-refractivity contribution in [3.8, 4) is 16.8 Å². The molecule has 5 rings (SSSR count). The maximum atomic E-state index is 13.8. The van der Waals surface area contributed by atoms with Crippen LogP contribution in [-0.2, 0) is 19.8 Å². The minimum atomic E-state index is -4.96. The van der Waals surface area contributed by atoms with Crippen molar-refractivity contribution >= 4 is 28.4 Å². The summed E-state index contributed by atoms with van der Waals surface area (Å²) in [5.41, 5.74) is 3.19. The summed E-state index contributed by atoms with van der Waals surface area (Å²) in [4.78, 5) is 54.6. The van der Waals surface area contributed by atoms with Crippen molar-refractivity contribution in [3.63, 3.8) is 0 Å². The second-order valence-electron chi connectivity index (χ2n) is 9.35. The number of carbonyl (C=O) groups is 2. The molecule has 2 aromatic carbocycles. The van der Waals surface area contributed by atoms with Gasteiger partial charge in [-0.3, -0.25) is 23.9 Å². The number of carbonyl (C=O) groups excluding carboxylic acids is 2. The highest BCUT2D eigenvalue weighted by Gasteiger charge is 2.36. The normalized spacial score (nSPS) is 11.7. The van der Waals surface area contributed by atoms with E-state index in [4.69, 9.17) is 10.3 Å². The number of hydrogen-bond donors (Lipinski definition) is 2. The van der Waals surface area contributed by atoms with E-state index in [1.165, 1.54) is 48.1 Å². The second kappa shape index (κ2) is 10.2. The van der Waals surface area contributed by atoms with Crippen LogP contribution >= 0.6 is 0 Å². The summed E-state index contributed by atoms with van der Waals surface area (Å²) >= 11 is 0. The number of nitrogens with zero attached hydrogens (tertiary/aromatic N) is 4. The molecule has 0 fully saturated rings. The van der Waals surface area contributed by atoms with E-state index in [0.717, 1.165) is 9.42 Å². The van der Waals surface area contributed by atoms with Crippen LogP contribution in [0.25, 0.3) is 27.7 Å². The largest absolute Gasteiger partial charge is 0.433 e. The second-order valence-corrected chi connectivity index (χ2v) is 9.35. The molecule has 0 bridgehead atoms. The number of anilines is 1. The van der Waals surface area contributed by atoms with Crippen LogP contribution in [0.2, 0.25) is 0 Å². The summed E-state index contributed by atoms with van der Waals surface area (Å²) in [5.74, 6) is -1.41. The Kier molecular flexibility index (Phi) is 6.84. The zero-order chi connectivity index (χ0) is 30.5. The number of amides is 2. The van der Waals surface area contributed by atoms with Crippen molar-refractivity contribution in [2.24, 2.45) is 12.8 Å². The van der Waals surface area contributed by atoms with E-state index in [-0.39, 0.29) is 39.9 Å². The van der Waals surface area contributed by atoms with E-state index in [2.05, 4.69) is 10.3 Å². The van der Waals surface area contributed by atoms with Gasteiger partial charge in [0, 0.05) is 24.8 Å². The van der Waals surface area contributed by atoms with E-state index < -0.39 is 34.9 Å². The van der Waals surface area contributed by atoms with Crippen molar-refractivity contribution in [2.75, 3.05) is 5.32 Å². The average molecular weight is 581 g/mol. The summed E-state index contributed by atoms with van der Waals surface area (Å²) in [5, 5.41) is 2.06. The number of aryl methyl sites for hydroxylation is 3. The number of rotatable bonds is 6. The van der Waals surface area contributed by atoms with Crippen LogP contribution in [0.1, 0.15) is 39.2 Å². The van der Waals surface area contributed by atoms with Gasteiger partial charge in [-0.1, -0.05) is 18.2 Å². The average Bonchev–Trinajstić information content (AvgIpc) is 3.38. The van der Waals surface area contributed by atoms with Crippen LogP contribution in [0.5, 0.6) is 0 Å². The Balaban J connectivity index is 1.69. The molecule has 0 saturated heterocycles. The maximum Gasteiger partial charge on any atom is 0.433 e. The van der Waals surface area contributed by atoms with E-state index >= 15 is 0 Å². The first kappa shape index (κ1) is 28.1. The molecule has 2 amide bonds. The van der Waals surface area contributed by atoms with E-state index in [9.17, 15) is 32.3 Å². The third-order valence-corrected chi connectivity index (χ3v) is 6.65. The van der Waals surface area contributed by atoms with Crippen LogP contribution in [0.3, 0.4) is 0 Å². The fourth-order valence-electron chi connectivity index (χ4n) is 4.78. The summed E-state index contributed by atoms with van der Waals surface area (Å²) in [6.07, 6.45) is -4.96. The molecule has 14 heteroatoms. The number of pyridine rings is 1. The lowest BCUT2D eigenvalue weighted by atomic mass is 10.1. The van der Waals surface area contributed by atoms with Crippen molar-refractivity contribution in [2.45, 2.75) is 26.6 Å². The van der Waals surface area contributed by atoms with Crippen molar-refractivity contribution in [3.05, 3.63) is 98.0 Å². The Hall–Kier alpha value is -5.40. The third kappa shape index (κ3) is 4.76. The van der Waals surface area contributed by atoms with E-state index in [1.807, 2.05) is 0 Å². The summed E-state index contributed by atoms with van der Waals surface area (Å²) < 4.78 is 50.4. The number of benzene rings is 2. The van der Waals surface area contributed by atoms with Gasteiger partial charge in [-0.05, 0) is 55.8 Å². The molecule has 3 heterocycles. The Morgan fingerprint density at radius 1 is 1.05 bits per heavy atom. The van der Waals surface area contributed by atoms with Gasteiger partial charge in [-0.2, -0.15) is 17.9 Å². The van der Waals surface area contributed by atoms with Gasteiger partial charge in [-0.25, -0.2) is 9.67 Å². The van der Waals surface area contributed by atoms with Crippen LogP contribution < -0.4 is 22.2 Å². The minimum Gasteiger partial charge on any atom is -0.381 e. The Bertz CT molecular complexity index is 2000. The first-order chi connectivity index (χ1) is 19.8. The fourth-order valence-corrected chi connectivity index (χ4v) is 4.78. The molecule has 3 N–H and O–H groups in total.